The van der Waals surface area contributed by atoms with E-state index in [4.69, 9.17) is 4.74 Å². The predicted molar refractivity (Wildman–Crippen MR) is 156 cm³/mol. The zero-order valence-electron chi connectivity index (χ0n) is 23.7. The number of para-hydroxylation sites is 1. The van der Waals surface area contributed by atoms with E-state index in [1.165, 1.54) is 0 Å². The fraction of sp³-hybridized carbons (Fsp3) is 0.303. The Balaban J connectivity index is 1.40. The monoisotopic (exact) mass is 558 g/mol. The Morgan fingerprint density at radius 1 is 1.00 bits per heavy atom. The van der Waals surface area contributed by atoms with Gasteiger partial charge >= 0.3 is 0 Å². The van der Waals surface area contributed by atoms with Crippen LogP contribution >= 0.6 is 0 Å². The Morgan fingerprint density at radius 2 is 1.71 bits per heavy atom. The smallest absolute Gasteiger partial charge is 0.295 e. The molecule has 0 radical (unpaired) electrons. The van der Waals surface area contributed by atoms with Gasteiger partial charge in [0.1, 0.15) is 11.4 Å². The summed E-state index contributed by atoms with van der Waals surface area (Å²) in [5.41, 5.74) is 2.25. The first kappa shape index (κ1) is 26.0. The van der Waals surface area contributed by atoms with Gasteiger partial charge in [-0.25, -0.2) is 14.7 Å². The molecule has 210 valence electrons. The third-order valence-electron chi connectivity index (χ3n) is 9.90. The summed E-state index contributed by atoms with van der Waals surface area (Å²) in [6.45, 7) is 4.36. The number of hydrogen-bond acceptors (Lipinski definition) is 6. The highest BCUT2D eigenvalue weighted by molar-refractivity contribution is 6.09. The van der Waals surface area contributed by atoms with Gasteiger partial charge in [0, 0.05) is 5.56 Å². The number of carbonyl (C=O) groups is 2. The molecule has 3 atom stereocenters. The third-order valence-corrected chi connectivity index (χ3v) is 9.90. The molecule has 3 aliphatic rings. The Bertz CT molecular complexity index is 1740. The molecule has 3 aromatic carbocycles. The van der Waals surface area contributed by atoms with Crippen molar-refractivity contribution in [2.45, 2.75) is 39.2 Å². The minimum atomic E-state index is -0.663. The van der Waals surface area contributed by atoms with Gasteiger partial charge in [-0.2, -0.15) is 5.26 Å². The fourth-order valence-corrected chi connectivity index (χ4v) is 7.63. The van der Waals surface area contributed by atoms with E-state index < -0.39 is 5.41 Å². The summed E-state index contributed by atoms with van der Waals surface area (Å²) in [5.74, 6) is 0.636. The summed E-state index contributed by atoms with van der Waals surface area (Å²) < 4.78 is 6.95. The van der Waals surface area contributed by atoms with Crippen molar-refractivity contribution >= 4 is 17.5 Å². The molecule has 9 nitrogen and oxygen atoms in total. The van der Waals surface area contributed by atoms with Crippen molar-refractivity contribution in [3.05, 3.63) is 90.1 Å². The molecule has 9 heteroatoms. The molecule has 2 aliphatic carbocycles. The maximum Gasteiger partial charge on any atom is 0.295 e. The number of aromatic nitrogens is 3. The molecule has 3 unspecified atom stereocenters. The first-order valence-corrected chi connectivity index (χ1v) is 14.2. The minimum Gasteiger partial charge on any atom is -0.497 e. The Morgan fingerprint density at radius 3 is 2.36 bits per heavy atom. The Kier molecular flexibility index (Phi) is 5.74. The van der Waals surface area contributed by atoms with E-state index in [9.17, 15) is 14.9 Å². The number of anilines is 1. The van der Waals surface area contributed by atoms with E-state index >= 15 is 0 Å². The number of carbonyl (C=O) groups excluding carboxylic acids is 2. The number of hydrazine groups is 1. The zero-order valence-corrected chi connectivity index (χ0v) is 23.7. The molecule has 1 spiro atoms. The van der Waals surface area contributed by atoms with Crippen molar-refractivity contribution < 1.29 is 14.3 Å². The van der Waals surface area contributed by atoms with Gasteiger partial charge in [0.05, 0.1) is 41.6 Å². The molecule has 42 heavy (non-hydrogen) atoms. The first-order valence-electron chi connectivity index (χ1n) is 14.2. The normalized spacial score (nSPS) is 23.6. The summed E-state index contributed by atoms with van der Waals surface area (Å²) in [6.07, 6.45) is 2.49. The average molecular weight is 559 g/mol. The van der Waals surface area contributed by atoms with Crippen molar-refractivity contribution in [2.75, 3.05) is 12.1 Å². The molecule has 3 fully saturated rings. The molecule has 1 aromatic heterocycles. The highest BCUT2D eigenvalue weighted by Crippen LogP contribution is 2.70. The van der Waals surface area contributed by atoms with Gasteiger partial charge in [-0.15, -0.1) is 5.10 Å². The fourth-order valence-electron chi connectivity index (χ4n) is 7.63. The average Bonchev–Trinajstić information content (AvgIpc) is 3.72. The minimum absolute atomic E-state index is 0.0282. The molecule has 2 bridgehead atoms. The number of fused-ring (bicyclic) bond motifs is 1. The van der Waals surface area contributed by atoms with Gasteiger partial charge < -0.3 is 4.74 Å². The Hall–Kier alpha value is -4.97. The molecular weight excluding hydrogens is 528 g/mol. The molecule has 1 aliphatic heterocycles. The van der Waals surface area contributed by atoms with Crippen molar-refractivity contribution in [1.82, 2.24) is 20.0 Å². The summed E-state index contributed by atoms with van der Waals surface area (Å²) in [5, 5.41) is 21.5. The SMILES string of the molecule is COc1ccc(-n2nnc(C(=O)N3C4CC5CCC4(C(=O)N3c3ccccc3)C5(C)C)c2-c2ccc(C#N)cc2)cc1. The van der Waals surface area contributed by atoms with Gasteiger partial charge in [0.2, 0.25) is 0 Å². The van der Waals surface area contributed by atoms with Crippen LogP contribution in [0.1, 0.15) is 49.2 Å². The second-order valence-corrected chi connectivity index (χ2v) is 11.9. The van der Waals surface area contributed by atoms with Crippen LogP contribution in [0.4, 0.5) is 5.69 Å². The second-order valence-electron chi connectivity index (χ2n) is 11.9. The van der Waals surface area contributed by atoms with Gasteiger partial charge in [0.15, 0.2) is 5.69 Å². The van der Waals surface area contributed by atoms with Crippen LogP contribution in [-0.2, 0) is 4.79 Å². The van der Waals surface area contributed by atoms with E-state index in [0.717, 1.165) is 19.3 Å². The van der Waals surface area contributed by atoms with Crippen molar-refractivity contribution in [3.63, 3.8) is 0 Å². The number of ether oxygens (including phenoxy) is 1. The maximum atomic E-state index is 14.8. The van der Waals surface area contributed by atoms with Crippen LogP contribution < -0.4 is 9.75 Å². The van der Waals surface area contributed by atoms with Gasteiger partial charge in [0.25, 0.3) is 11.8 Å². The van der Waals surface area contributed by atoms with Gasteiger partial charge in [-0.05, 0) is 79.1 Å². The van der Waals surface area contributed by atoms with Crippen LogP contribution in [0.5, 0.6) is 5.75 Å². The number of nitriles is 1. The third kappa shape index (κ3) is 3.41. The molecule has 7 rings (SSSR count). The molecule has 2 amide bonds. The number of methoxy groups -OCH3 is 1. The predicted octanol–water partition coefficient (Wildman–Crippen LogP) is 5.41. The highest BCUT2D eigenvalue weighted by atomic mass is 16.5. The zero-order chi connectivity index (χ0) is 29.2. The van der Waals surface area contributed by atoms with Crippen LogP contribution in [0, 0.1) is 28.1 Å². The lowest BCUT2D eigenvalue weighted by Gasteiger charge is -2.34. The number of benzene rings is 3. The summed E-state index contributed by atoms with van der Waals surface area (Å²) in [6, 6.07) is 25.6. The van der Waals surface area contributed by atoms with E-state index in [2.05, 4.69) is 30.2 Å². The lowest BCUT2D eigenvalue weighted by molar-refractivity contribution is -0.129. The largest absolute Gasteiger partial charge is 0.497 e. The van der Waals surface area contributed by atoms with Gasteiger partial charge in [-0.3, -0.25) is 9.59 Å². The van der Waals surface area contributed by atoms with Crippen LogP contribution in [0.15, 0.2) is 78.9 Å². The van der Waals surface area contributed by atoms with Gasteiger partial charge in [-0.1, -0.05) is 49.4 Å². The van der Waals surface area contributed by atoms with E-state index in [-0.39, 0.29) is 29.0 Å². The summed E-state index contributed by atoms with van der Waals surface area (Å²) in [4.78, 5) is 29.3. The summed E-state index contributed by atoms with van der Waals surface area (Å²) >= 11 is 0. The van der Waals surface area contributed by atoms with E-state index in [1.807, 2.05) is 54.6 Å². The molecule has 1 saturated heterocycles. The van der Waals surface area contributed by atoms with Crippen LogP contribution in [0.25, 0.3) is 16.9 Å². The number of rotatable bonds is 5. The molecule has 0 N–H and O–H groups in total. The molecule has 2 saturated carbocycles. The highest BCUT2D eigenvalue weighted by Gasteiger charge is 2.75. The first-order chi connectivity index (χ1) is 20.3. The number of nitrogens with zero attached hydrogens (tertiary/aromatic N) is 6. The lowest BCUT2D eigenvalue weighted by atomic mass is 9.67. The number of amides is 2. The summed E-state index contributed by atoms with van der Waals surface area (Å²) in [7, 11) is 1.60. The number of hydrogen-bond donors (Lipinski definition) is 0. The van der Waals surface area contributed by atoms with E-state index in [1.54, 1.807) is 46.1 Å². The standard InChI is InChI=1S/C33H30N6O3/c1-32(2)23-17-18-33(32)27(19-23)39(38(31(33)41)25-7-5-4-6-8-25)30(40)28-29(22-11-9-21(20-34)10-12-22)37(36-35-28)24-13-15-26(42-3)16-14-24/h4-16,23,27H,17-19H2,1-3H3. The van der Waals surface area contributed by atoms with Crippen molar-refractivity contribution in [3.8, 4) is 28.8 Å². The lowest BCUT2D eigenvalue weighted by Crippen LogP contribution is -2.47. The van der Waals surface area contributed by atoms with E-state index in [0.29, 0.717) is 39.9 Å². The van der Waals surface area contributed by atoms with Crippen LogP contribution in [-0.4, -0.2) is 45.0 Å². The van der Waals surface area contributed by atoms with Crippen molar-refractivity contribution in [1.29, 1.82) is 5.26 Å². The molecular formula is C33H30N6O3. The van der Waals surface area contributed by atoms with Crippen molar-refractivity contribution in [2.24, 2.45) is 16.7 Å². The molecule has 2 heterocycles. The molecule has 4 aromatic rings. The Labute approximate surface area is 243 Å². The van der Waals surface area contributed by atoms with Crippen LogP contribution in [0.2, 0.25) is 0 Å². The topological polar surface area (TPSA) is 104 Å². The maximum absolute atomic E-state index is 14.8. The second kappa shape index (κ2) is 9.28. The van der Waals surface area contributed by atoms with Crippen LogP contribution in [0.3, 0.4) is 0 Å². The quantitative estimate of drug-likeness (QED) is 0.324.